The van der Waals surface area contributed by atoms with Crippen LogP contribution in [0.1, 0.15) is 0 Å². The SMILES string of the molecule is [B]c1nccnc1OC. The highest BCUT2D eigenvalue weighted by Gasteiger charge is 1.94. The highest BCUT2D eigenvalue weighted by atomic mass is 16.5. The zero-order chi connectivity index (χ0) is 6.69. The molecule has 0 amide bonds. The molecule has 0 saturated heterocycles. The van der Waals surface area contributed by atoms with Crippen molar-refractivity contribution in [2.24, 2.45) is 0 Å². The van der Waals surface area contributed by atoms with E-state index in [1.54, 1.807) is 0 Å². The Morgan fingerprint density at radius 3 is 2.56 bits per heavy atom. The molecule has 0 fully saturated rings. The maximum atomic E-state index is 5.33. The number of hydrogen-bond donors (Lipinski definition) is 0. The van der Waals surface area contributed by atoms with E-state index in [9.17, 15) is 0 Å². The van der Waals surface area contributed by atoms with Crippen LogP contribution in [0, 0.1) is 0 Å². The van der Waals surface area contributed by atoms with Gasteiger partial charge in [0.25, 0.3) is 0 Å². The van der Waals surface area contributed by atoms with Crippen molar-refractivity contribution in [3.05, 3.63) is 12.4 Å². The molecule has 0 saturated carbocycles. The number of nitrogens with zero attached hydrogens (tertiary/aromatic N) is 2. The van der Waals surface area contributed by atoms with Crippen LogP contribution < -0.4 is 10.3 Å². The van der Waals surface area contributed by atoms with Crippen LogP contribution in [0.25, 0.3) is 0 Å². The Labute approximate surface area is 54.5 Å². The standard InChI is InChI=1S/C5H5BN2O/c1-9-5-4(6)7-2-3-8-5/h2-3H,1H3. The van der Waals surface area contributed by atoms with E-state index in [4.69, 9.17) is 12.6 Å². The summed E-state index contributed by atoms with van der Waals surface area (Å²) in [6.45, 7) is 0. The van der Waals surface area contributed by atoms with Crippen LogP contribution in [0.5, 0.6) is 5.88 Å². The molecule has 1 rings (SSSR count). The minimum Gasteiger partial charge on any atom is -0.480 e. The van der Waals surface area contributed by atoms with Crippen molar-refractivity contribution < 1.29 is 4.74 Å². The summed E-state index contributed by atoms with van der Waals surface area (Å²) in [6.07, 6.45) is 3.03. The van der Waals surface area contributed by atoms with Gasteiger partial charge in [0.2, 0.25) is 5.88 Å². The number of ether oxygens (including phenoxy) is 1. The average molecular weight is 120 g/mol. The lowest BCUT2D eigenvalue weighted by atomic mass is 10.1. The van der Waals surface area contributed by atoms with Crippen molar-refractivity contribution in [2.45, 2.75) is 0 Å². The molecule has 0 unspecified atom stereocenters. The first kappa shape index (κ1) is 6.07. The summed E-state index contributed by atoms with van der Waals surface area (Å²) < 4.78 is 4.75. The minimum atomic E-state index is 0.319. The van der Waals surface area contributed by atoms with Gasteiger partial charge >= 0.3 is 0 Å². The number of hydrogen-bond acceptors (Lipinski definition) is 3. The van der Waals surface area contributed by atoms with Crippen LogP contribution >= 0.6 is 0 Å². The molecular formula is C5H5BN2O. The van der Waals surface area contributed by atoms with Gasteiger partial charge in [0.15, 0.2) is 0 Å². The molecular weight excluding hydrogens is 115 g/mol. The van der Waals surface area contributed by atoms with Crippen molar-refractivity contribution in [3.8, 4) is 5.88 Å². The third-order valence-corrected chi connectivity index (χ3v) is 0.885. The molecule has 1 aromatic rings. The van der Waals surface area contributed by atoms with E-state index in [2.05, 4.69) is 9.97 Å². The number of methoxy groups -OCH3 is 1. The normalized spacial score (nSPS) is 9.00. The molecule has 0 aliphatic rings. The third-order valence-electron chi connectivity index (χ3n) is 0.885. The van der Waals surface area contributed by atoms with Crippen molar-refractivity contribution in [3.63, 3.8) is 0 Å². The van der Waals surface area contributed by atoms with Gasteiger partial charge in [-0.15, -0.1) is 0 Å². The maximum Gasteiger partial charge on any atom is 0.223 e. The molecule has 0 N–H and O–H groups in total. The quantitative estimate of drug-likeness (QED) is 0.458. The second-order valence-corrected chi connectivity index (χ2v) is 1.45. The van der Waals surface area contributed by atoms with Crippen LogP contribution in [0.4, 0.5) is 0 Å². The molecule has 1 aromatic heterocycles. The highest BCUT2D eigenvalue weighted by molar-refractivity contribution is 6.32. The van der Waals surface area contributed by atoms with Crippen LogP contribution in [0.15, 0.2) is 12.4 Å². The summed E-state index contributed by atoms with van der Waals surface area (Å²) in [7, 11) is 6.83. The Morgan fingerprint density at radius 2 is 2.11 bits per heavy atom. The zero-order valence-electron chi connectivity index (χ0n) is 5.03. The van der Waals surface area contributed by atoms with Crippen molar-refractivity contribution in [2.75, 3.05) is 7.11 Å². The Morgan fingerprint density at radius 1 is 1.44 bits per heavy atom. The third kappa shape index (κ3) is 1.19. The summed E-state index contributed by atoms with van der Waals surface area (Å²) in [5.41, 5.74) is 0.319. The number of aromatic nitrogens is 2. The van der Waals surface area contributed by atoms with E-state index in [0.29, 0.717) is 11.5 Å². The first-order valence-electron chi connectivity index (χ1n) is 2.45. The molecule has 1 heterocycles. The van der Waals surface area contributed by atoms with Gasteiger partial charge in [-0.05, 0) is 0 Å². The second kappa shape index (κ2) is 2.48. The van der Waals surface area contributed by atoms with Crippen LogP contribution in [0.2, 0.25) is 0 Å². The van der Waals surface area contributed by atoms with Crippen LogP contribution in [-0.2, 0) is 0 Å². The first-order chi connectivity index (χ1) is 4.34. The lowest BCUT2D eigenvalue weighted by Crippen LogP contribution is -2.12. The van der Waals surface area contributed by atoms with Gasteiger partial charge in [-0.2, -0.15) is 0 Å². The summed E-state index contributed by atoms with van der Waals surface area (Å²) in [4.78, 5) is 7.53. The lowest BCUT2D eigenvalue weighted by Gasteiger charge is -1.98. The fourth-order valence-corrected chi connectivity index (χ4v) is 0.493. The smallest absolute Gasteiger partial charge is 0.223 e. The summed E-state index contributed by atoms with van der Waals surface area (Å²) in [6, 6.07) is 0. The summed E-state index contributed by atoms with van der Waals surface area (Å²) >= 11 is 0. The molecule has 0 bridgehead atoms. The summed E-state index contributed by atoms with van der Waals surface area (Å²) in [5, 5.41) is 0. The van der Waals surface area contributed by atoms with E-state index in [-0.39, 0.29) is 0 Å². The molecule has 2 radical (unpaired) electrons. The van der Waals surface area contributed by atoms with E-state index in [1.807, 2.05) is 0 Å². The van der Waals surface area contributed by atoms with Gasteiger partial charge in [-0.25, -0.2) is 4.98 Å². The first-order valence-corrected chi connectivity index (χ1v) is 2.45. The van der Waals surface area contributed by atoms with E-state index in [0.717, 1.165) is 0 Å². The van der Waals surface area contributed by atoms with Gasteiger partial charge in [-0.3, -0.25) is 4.98 Å². The van der Waals surface area contributed by atoms with Gasteiger partial charge in [0, 0.05) is 18.0 Å². The number of rotatable bonds is 1. The Bertz CT molecular complexity index is 204. The second-order valence-electron chi connectivity index (χ2n) is 1.45. The fourth-order valence-electron chi connectivity index (χ4n) is 0.493. The van der Waals surface area contributed by atoms with Gasteiger partial charge in [0.1, 0.15) is 7.85 Å². The predicted molar refractivity (Wildman–Crippen MR) is 34.0 cm³/mol. The van der Waals surface area contributed by atoms with E-state index >= 15 is 0 Å². The topological polar surface area (TPSA) is 35.0 Å². The van der Waals surface area contributed by atoms with E-state index < -0.39 is 0 Å². The molecule has 0 aliphatic carbocycles. The fraction of sp³-hybridized carbons (Fsp3) is 0.200. The molecule has 9 heavy (non-hydrogen) atoms. The van der Waals surface area contributed by atoms with Gasteiger partial charge < -0.3 is 4.74 Å². The Hall–Kier alpha value is -1.06. The van der Waals surface area contributed by atoms with Crippen LogP contribution in [0.3, 0.4) is 0 Å². The van der Waals surface area contributed by atoms with Crippen molar-refractivity contribution in [1.82, 2.24) is 9.97 Å². The molecule has 4 heteroatoms. The molecule has 3 nitrogen and oxygen atoms in total. The monoisotopic (exact) mass is 120 g/mol. The highest BCUT2D eigenvalue weighted by Crippen LogP contribution is 1.92. The largest absolute Gasteiger partial charge is 0.480 e. The molecule has 0 aliphatic heterocycles. The predicted octanol–water partition coefficient (Wildman–Crippen LogP) is -0.721. The summed E-state index contributed by atoms with van der Waals surface area (Å²) in [5.74, 6) is 0.373. The molecule has 0 atom stereocenters. The molecule has 44 valence electrons. The Balaban J connectivity index is 3.01. The van der Waals surface area contributed by atoms with Gasteiger partial charge in [-0.1, -0.05) is 0 Å². The van der Waals surface area contributed by atoms with E-state index in [1.165, 1.54) is 19.5 Å². The van der Waals surface area contributed by atoms with Crippen molar-refractivity contribution >= 4 is 13.4 Å². The van der Waals surface area contributed by atoms with Crippen LogP contribution in [-0.4, -0.2) is 24.9 Å². The maximum absolute atomic E-state index is 5.33. The minimum absolute atomic E-state index is 0.319. The zero-order valence-corrected chi connectivity index (χ0v) is 5.03. The Kier molecular flexibility index (Phi) is 1.67. The van der Waals surface area contributed by atoms with Crippen molar-refractivity contribution in [1.29, 1.82) is 0 Å². The van der Waals surface area contributed by atoms with Gasteiger partial charge in [0.05, 0.1) is 7.11 Å². The lowest BCUT2D eigenvalue weighted by molar-refractivity contribution is 0.400. The molecule has 0 aromatic carbocycles. The molecule has 0 spiro atoms. The average Bonchev–Trinajstić information content (AvgIpc) is 1.89.